The first-order valence-corrected chi connectivity index (χ1v) is 7.13. The summed E-state index contributed by atoms with van der Waals surface area (Å²) < 4.78 is 0. The number of aryl methyl sites for hydroxylation is 1. The van der Waals surface area contributed by atoms with Crippen LogP contribution < -0.4 is 11.1 Å². The lowest BCUT2D eigenvalue weighted by atomic mass is 9.95. The number of benzene rings is 1. The summed E-state index contributed by atoms with van der Waals surface area (Å²) in [5, 5.41) is 15.7. The second-order valence-corrected chi connectivity index (χ2v) is 5.38. The summed E-state index contributed by atoms with van der Waals surface area (Å²) in [6.45, 7) is 0. The van der Waals surface area contributed by atoms with Gasteiger partial charge in [0.05, 0.1) is 18.4 Å². The number of nitrogens with zero attached hydrogens (tertiary/aromatic N) is 4. The van der Waals surface area contributed by atoms with Gasteiger partial charge in [-0.1, -0.05) is 19.3 Å². The molecule has 1 heterocycles. The second kappa shape index (κ2) is 5.48. The molecule has 0 spiro atoms. The molecule has 1 aliphatic carbocycles. The zero-order chi connectivity index (χ0) is 13.9. The molecule has 2 aromatic rings. The van der Waals surface area contributed by atoms with Crippen LogP contribution >= 0.6 is 0 Å². The van der Waals surface area contributed by atoms with Crippen molar-refractivity contribution in [2.75, 3.05) is 11.1 Å². The van der Waals surface area contributed by atoms with Gasteiger partial charge in [-0.05, 0) is 36.3 Å². The monoisotopic (exact) mass is 272 g/mol. The van der Waals surface area contributed by atoms with Crippen LogP contribution in [0.15, 0.2) is 18.2 Å². The van der Waals surface area contributed by atoms with Gasteiger partial charge in [0.25, 0.3) is 0 Å². The van der Waals surface area contributed by atoms with E-state index in [-0.39, 0.29) is 0 Å². The van der Waals surface area contributed by atoms with Crippen LogP contribution in [-0.2, 0) is 7.05 Å². The zero-order valence-electron chi connectivity index (χ0n) is 11.7. The summed E-state index contributed by atoms with van der Waals surface area (Å²) in [6, 6.07) is 6.37. The lowest BCUT2D eigenvalue weighted by Crippen LogP contribution is -2.22. The van der Waals surface area contributed by atoms with Gasteiger partial charge in [0, 0.05) is 11.6 Å². The number of nitrogens with two attached hydrogens (primary N) is 1. The molecule has 0 unspecified atom stereocenters. The van der Waals surface area contributed by atoms with E-state index in [0.717, 1.165) is 16.9 Å². The van der Waals surface area contributed by atoms with E-state index in [1.54, 1.807) is 7.05 Å². The lowest BCUT2D eigenvalue weighted by Gasteiger charge is -2.24. The maximum Gasteiger partial charge on any atom is 0.204 e. The standard InChI is InChI=1S/C14H20N6/c1-20-18-14(17-19-20)10-7-8-12(15)13(9-10)16-11-5-3-2-4-6-11/h7-9,11,16H,2-6,15H2,1H3. The van der Waals surface area contributed by atoms with E-state index in [1.165, 1.54) is 36.9 Å². The van der Waals surface area contributed by atoms with Gasteiger partial charge in [-0.3, -0.25) is 0 Å². The molecular weight excluding hydrogens is 252 g/mol. The Hall–Kier alpha value is -2.11. The molecule has 106 valence electrons. The molecule has 0 bridgehead atoms. The van der Waals surface area contributed by atoms with Gasteiger partial charge in [0.15, 0.2) is 0 Å². The maximum atomic E-state index is 6.07. The Labute approximate surface area is 118 Å². The zero-order valence-corrected chi connectivity index (χ0v) is 11.7. The number of hydrogen-bond acceptors (Lipinski definition) is 5. The van der Waals surface area contributed by atoms with E-state index < -0.39 is 0 Å². The highest BCUT2D eigenvalue weighted by Gasteiger charge is 2.15. The minimum absolute atomic E-state index is 0.524. The molecule has 3 N–H and O–H groups in total. The van der Waals surface area contributed by atoms with Crippen molar-refractivity contribution in [3.8, 4) is 11.4 Å². The predicted molar refractivity (Wildman–Crippen MR) is 79.1 cm³/mol. The van der Waals surface area contributed by atoms with E-state index in [0.29, 0.717) is 11.9 Å². The molecule has 0 atom stereocenters. The third kappa shape index (κ3) is 2.74. The van der Waals surface area contributed by atoms with E-state index in [2.05, 4.69) is 20.7 Å². The van der Waals surface area contributed by atoms with Crippen LogP contribution in [0.25, 0.3) is 11.4 Å². The molecule has 1 fully saturated rings. The number of rotatable bonds is 3. The van der Waals surface area contributed by atoms with E-state index in [4.69, 9.17) is 5.73 Å². The smallest absolute Gasteiger partial charge is 0.204 e. The summed E-state index contributed by atoms with van der Waals surface area (Å²) >= 11 is 0. The number of nitrogens with one attached hydrogen (secondary N) is 1. The summed E-state index contributed by atoms with van der Waals surface area (Å²) in [5.74, 6) is 0.624. The fourth-order valence-electron chi connectivity index (χ4n) is 2.69. The van der Waals surface area contributed by atoms with Crippen molar-refractivity contribution in [3.05, 3.63) is 18.2 Å². The first kappa shape index (κ1) is 12.9. The Kier molecular flexibility index (Phi) is 3.54. The summed E-state index contributed by atoms with van der Waals surface area (Å²) in [6.07, 6.45) is 6.36. The molecule has 1 aromatic heterocycles. The average Bonchev–Trinajstić information content (AvgIpc) is 2.89. The van der Waals surface area contributed by atoms with Crippen LogP contribution in [0.4, 0.5) is 11.4 Å². The van der Waals surface area contributed by atoms with Crippen LogP contribution in [0.1, 0.15) is 32.1 Å². The van der Waals surface area contributed by atoms with Crippen LogP contribution in [0.2, 0.25) is 0 Å². The molecule has 20 heavy (non-hydrogen) atoms. The Bertz CT molecular complexity index is 585. The van der Waals surface area contributed by atoms with Crippen molar-refractivity contribution >= 4 is 11.4 Å². The topological polar surface area (TPSA) is 81.7 Å². The van der Waals surface area contributed by atoms with E-state index in [9.17, 15) is 0 Å². The maximum absolute atomic E-state index is 6.07. The van der Waals surface area contributed by atoms with Gasteiger partial charge in [-0.2, -0.15) is 4.80 Å². The number of nitrogen functional groups attached to an aromatic ring is 1. The molecular formula is C14H20N6. The second-order valence-electron chi connectivity index (χ2n) is 5.38. The highest BCUT2D eigenvalue weighted by atomic mass is 15.6. The number of hydrogen-bond donors (Lipinski definition) is 2. The summed E-state index contributed by atoms with van der Waals surface area (Å²) in [4.78, 5) is 1.46. The van der Waals surface area contributed by atoms with E-state index in [1.807, 2.05) is 18.2 Å². The van der Waals surface area contributed by atoms with Gasteiger partial charge in [-0.25, -0.2) is 0 Å². The van der Waals surface area contributed by atoms with Crippen molar-refractivity contribution in [1.82, 2.24) is 20.2 Å². The average molecular weight is 272 g/mol. The summed E-state index contributed by atoms with van der Waals surface area (Å²) in [7, 11) is 1.76. The van der Waals surface area contributed by atoms with Gasteiger partial charge >= 0.3 is 0 Å². The Morgan fingerprint density at radius 3 is 2.75 bits per heavy atom. The number of aromatic nitrogens is 4. The third-order valence-electron chi connectivity index (χ3n) is 3.78. The molecule has 1 saturated carbocycles. The first-order valence-electron chi connectivity index (χ1n) is 7.13. The molecule has 0 radical (unpaired) electrons. The van der Waals surface area contributed by atoms with Gasteiger partial charge in [0.2, 0.25) is 5.82 Å². The molecule has 1 aromatic carbocycles. The fraction of sp³-hybridized carbons (Fsp3) is 0.500. The van der Waals surface area contributed by atoms with Crippen molar-refractivity contribution in [3.63, 3.8) is 0 Å². The van der Waals surface area contributed by atoms with Crippen molar-refractivity contribution < 1.29 is 0 Å². The quantitative estimate of drug-likeness (QED) is 0.837. The first-order chi connectivity index (χ1) is 9.72. The van der Waals surface area contributed by atoms with Gasteiger partial charge < -0.3 is 11.1 Å². The Morgan fingerprint density at radius 1 is 1.25 bits per heavy atom. The van der Waals surface area contributed by atoms with Crippen LogP contribution in [-0.4, -0.2) is 26.2 Å². The molecule has 0 saturated heterocycles. The Balaban J connectivity index is 1.82. The normalized spacial score (nSPS) is 16.2. The molecule has 6 nitrogen and oxygen atoms in total. The SMILES string of the molecule is Cn1nnc(-c2ccc(N)c(NC3CCCCC3)c2)n1. The van der Waals surface area contributed by atoms with Crippen LogP contribution in [0.5, 0.6) is 0 Å². The highest BCUT2D eigenvalue weighted by molar-refractivity contribution is 5.73. The largest absolute Gasteiger partial charge is 0.397 e. The minimum Gasteiger partial charge on any atom is -0.397 e. The molecule has 6 heteroatoms. The highest BCUT2D eigenvalue weighted by Crippen LogP contribution is 2.28. The summed E-state index contributed by atoms with van der Waals surface area (Å²) in [5.41, 5.74) is 8.74. The van der Waals surface area contributed by atoms with Crippen LogP contribution in [0, 0.1) is 0 Å². The van der Waals surface area contributed by atoms with Gasteiger partial charge in [0.1, 0.15) is 0 Å². The van der Waals surface area contributed by atoms with Crippen molar-refractivity contribution in [1.29, 1.82) is 0 Å². The number of tetrazole rings is 1. The molecule has 1 aliphatic rings. The lowest BCUT2D eigenvalue weighted by molar-refractivity contribution is 0.463. The van der Waals surface area contributed by atoms with Crippen molar-refractivity contribution in [2.45, 2.75) is 38.1 Å². The predicted octanol–water partition coefficient (Wildman–Crippen LogP) is 2.20. The van der Waals surface area contributed by atoms with Crippen LogP contribution in [0.3, 0.4) is 0 Å². The van der Waals surface area contributed by atoms with Gasteiger partial charge in [-0.15, -0.1) is 10.2 Å². The Morgan fingerprint density at radius 2 is 2.05 bits per heavy atom. The van der Waals surface area contributed by atoms with E-state index >= 15 is 0 Å². The fourth-order valence-corrected chi connectivity index (χ4v) is 2.69. The molecule has 0 amide bonds. The third-order valence-corrected chi connectivity index (χ3v) is 3.78. The molecule has 0 aliphatic heterocycles. The number of anilines is 2. The minimum atomic E-state index is 0.524. The van der Waals surface area contributed by atoms with Crippen molar-refractivity contribution in [2.24, 2.45) is 7.05 Å². The molecule has 3 rings (SSSR count).